The van der Waals surface area contributed by atoms with Gasteiger partial charge in [-0.05, 0) is 5.56 Å². The summed E-state index contributed by atoms with van der Waals surface area (Å²) in [6.07, 6.45) is -1.39. The third-order valence-corrected chi connectivity index (χ3v) is 2.81. The van der Waals surface area contributed by atoms with E-state index >= 15 is 0 Å². The summed E-state index contributed by atoms with van der Waals surface area (Å²) in [5.41, 5.74) is 1.18. The number of nitrogens with one attached hydrogen (secondary N) is 1. The normalized spacial score (nSPS) is 11.7. The van der Waals surface area contributed by atoms with Gasteiger partial charge in [-0.2, -0.15) is 0 Å². The van der Waals surface area contributed by atoms with Crippen LogP contribution in [0.15, 0.2) is 60.7 Å². The zero-order chi connectivity index (χ0) is 14.4. The number of amides is 1. The summed E-state index contributed by atoms with van der Waals surface area (Å²) in [5, 5.41) is 12.0. The van der Waals surface area contributed by atoms with Gasteiger partial charge in [-0.25, -0.2) is 0 Å². The number of ketones is 1. The molecule has 0 saturated heterocycles. The number of hydrogen-bond acceptors (Lipinski definition) is 3. The van der Waals surface area contributed by atoms with E-state index in [1.165, 1.54) is 0 Å². The molecule has 20 heavy (non-hydrogen) atoms. The Balaban J connectivity index is 1.93. The number of carbonyl (C=O) groups is 2. The molecule has 0 radical (unpaired) electrons. The van der Waals surface area contributed by atoms with Gasteiger partial charge in [-0.15, -0.1) is 0 Å². The number of aliphatic hydroxyl groups is 1. The van der Waals surface area contributed by atoms with Crippen molar-refractivity contribution in [2.75, 3.05) is 0 Å². The smallest absolute Gasteiger partial charge is 0.226 e. The van der Waals surface area contributed by atoms with E-state index in [0.717, 1.165) is 5.56 Å². The predicted molar refractivity (Wildman–Crippen MR) is 75.1 cm³/mol. The number of carbonyl (C=O) groups excluding carboxylic acids is 2. The molecule has 0 heterocycles. The Kier molecular flexibility index (Phi) is 4.63. The molecular weight excluding hydrogens is 254 g/mol. The largest absolute Gasteiger partial charge is 0.367 e. The van der Waals surface area contributed by atoms with Crippen LogP contribution in [-0.2, 0) is 11.2 Å². The van der Waals surface area contributed by atoms with Crippen LogP contribution < -0.4 is 5.32 Å². The maximum atomic E-state index is 11.9. The Labute approximate surface area is 117 Å². The lowest BCUT2D eigenvalue weighted by Gasteiger charge is -2.12. The van der Waals surface area contributed by atoms with Gasteiger partial charge in [-0.3, -0.25) is 9.59 Å². The molecule has 0 spiro atoms. The highest BCUT2D eigenvalue weighted by Gasteiger charge is 2.18. The SMILES string of the molecule is O=C(Cc1ccccc1)N[C@@H](O)C(=O)c1ccccc1. The fourth-order valence-corrected chi connectivity index (χ4v) is 1.81. The number of rotatable bonds is 5. The molecule has 0 fully saturated rings. The van der Waals surface area contributed by atoms with Gasteiger partial charge in [-0.1, -0.05) is 60.7 Å². The van der Waals surface area contributed by atoms with E-state index in [9.17, 15) is 14.7 Å². The van der Waals surface area contributed by atoms with Crippen molar-refractivity contribution in [3.05, 3.63) is 71.8 Å². The van der Waals surface area contributed by atoms with Crippen LogP contribution in [0.2, 0.25) is 0 Å². The topological polar surface area (TPSA) is 66.4 Å². The minimum absolute atomic E-state index is 0.125. The molecule has 0 aliphatic carbocycles. The first-order chi connectivity index (χ1) is 9.66. The number of aliphatic hydroxyl groups excluding tert-OH is 1. The van der Waals surface area contributed by atoms with Crippen LogP contribution in [-0.4, -0.2) is 23.0 Å². The van der Waals surface area contributed by atoms with Crippen molar-refractivity contribution >= 4 is 11.7 Å². The van der Waals surface area contributed by atoms with E-state index in [-0.39, 0.29) is 6.42 Å². The maximum absolute atomic E-state index is 11.9. The summed E-state index contributed by atoms with van der Waals surface area (Å²) in [5.74, 6) is -0.917. The van der Waals surface area contributed by atoms with Crippen LogP contribution in [0.4, 0.5) is 0 Å². The summed E-state index contributed by atoms with van der Waals surface area (Å²) in [6, 6.07) is 17.5. The molecule has 4 nitrogen and oxygen atoms in total. The van der Waals surface area contributed by atoms with Crippen LogP contribution in [0.1, 0.15) is 15.9 Å². The minimum Gasteiger partial charge on any atom is -0.367 e. The zero-order valence-corrected chi connectivity index (χ0v) is 10.8. The molecule has 0 bridgehead atoms. The third-order valence-electron chi connectivity index (χ3n) is 2.81. The Morgan fingerprint density at radius 1 is 0.950 bits per heavy atom. The Bertz CT molecular complexity index is 581. The average Bonchev–Trinajstić information content (AvgIpc) is 2.48. The van der Waals surface area contributed by atoms with Gasteiger partial charge in [0.15, 0.2) is 6.23 Å². The Morgan fingerprint density at radius 3 is 2.10 bits per heavy atom. The molecule has 102 valence electrons. The first-order valence-corrected chi connectivity index (χ1v) is 6.27. The van der Waals surface area contributed by atoms with E-state index in [1.807, 2.05) is 30.3 Å². The minimum atomic E-state index is -1.52. The zero-order valence-electron chi connectivity index (χ0n) is 10.8. The van der Waals surface area contributed by atoms with Crippen molar-refractivity contribution in [3.8, 4) is 0 Å². The van der Waals surface area contributed by atoms with Crippen molar-refractivity contribution in [1.82, 2.24) is 5.32 Å². The van der Waals surface area contributed by atoms with Crippen LogP contribution in [0.5, 0.6) is 0 Å². The molecule has 2 aromatic rings. The van der Waals surface area contributed by atoms with Gasteiger partial charge >= 0.3 is 0 Å². The number of hydrogen-bond donors (Lipinski definition) is 2. The molecule has 1 atom stereocenters. The van der Waals surface area contributed by atoms with Gasteiger partial charge in [0.2, 0.25) is 11.7 Å². The summed E-state index contributed by atoms with van der Waals surface area (Å²) >= 11 is 0. The van der Waals surface area contributed by atoms with Gasteiger partial charge in [0.25, 0.3) is 0 Å². The quantitative estimate of drug-likeness (QED) is 0.639. The molecule has 2 N–H and O–H groups in total. The van der Waals surface area contributed by atoms with Crippen molar-refractivity contribution in [2.24, 2.45) is 0 Å². The van der Waals surface area contributed by atoms with Gasteiger partial charge in [0.05, 0.1) is 6.42 Å². The first kappa shape index (κ1) is 14.0. The molecule has 2 aromatic carbocycles. The second kappa shape index (κ2) is 6.63. The molecule has 4 heteroatoms. The Morgan fingerprint density at radius 2 is 1.50 bits per heavy atom. The van der Waals surface area contributed by atoms with Gasteiger partial charge < -0.3 is 10.4 Å². The fourth-order valence-electron chi connectivity index (χ4n) is 1.81. The highest BCUT2D eigenvalue weighted by Crippen LogP contribution is 2.03. The lowest BCUT2D eigenvalue weighted by molar-refractivity contribution is -0.122. The molecule has 0 aliphatic heterocycles. The number of Topliss-reactive ketones (excluding diaryl/α,β-unsaturated/α-hetero) is 1. The van der Waals surface area contributed by atoms with E-state index in [1.54, 1.807) is 30.3 Å². The van der Waals surface area contributed by atoms with Crippen LogP contribution >= 0.6 is 0 Å². The predicted octanol–water partition coefficient (Wildman–Crippen LogP) is 1.55. The Hall–Kier alpha value is -2.46. The second-order valence-corrected chi connectivity index (χ2v) is 4.36. The molecule has 1 amide bonds. The maximum Gasteiger partial charge on any atom is 0.226 e. The van der Waals surface area contributed by atoms with Crippen molar-refractivity contribution in [3.63, 3.8) is 0 Å². The highest BCUT2D eigenvalue weighted by molar-refractivity contribution is 6.00. The third kappa shape index (κ3) is 3.76. The van der Waals surface area contributed by atoms with Gasteiger partial charge in [0.1, 0.15) is 0 Å². The average molecular weight is 269 g/mol. The number of benzene rings is 2. The van der Waals surface area contributed by atoms with Crippen LogP contribution in [0.3, 0.4) is 0 Å². The molecule has 0 aliphatic rings. The highest BCUT2D eigenvalue weighted by atomic mass is 16.3. The van der Waals surface area contributed by atoms with Crippen molar-refractivity contribution in [1.29, 1.82) is 0 Å². The van der Waals surface area contributed by atoms with Crippen LogP contribution in [0, 0.1) is 0 Å². The monoisotopic (exact) mass is 269 g/mol. The first-order valence-electron chi connectivity index (χ1n) is 6.27. The van der Waals surface area contributed by atoms with Crippen molar-refractivity contribution < 1.29 is 14.7 Å². The lowest BCUT2D eigenvalue weighted by atomic mass is 10.1. The standard InChI is InChI=1S/C16H15NO3/c18-14(11-12-7-3-1-4-8-12)17-16(20)15(19)13-9-5-2-6-10-13/h1-10,16,20H,11H2,(H,17,18)/t16-/m0/s1. The van der Waals surface area contributed by atoms with E-state index in [4.69, 9.17) is 0 Å². The molecular formula is C16H15NO3. The molecule has 2 rings (SSSR count). The summed E-state index contributed by atoms with van der Waals surface area (Å²) in [7, 11) is 0. The lowest BCUT2D eigenvalue weighted by Crippen LogP contribution is -2.41. The fraction of sp³-hybridized carbons (Fsp3) is 0.125. The van der Waals surface area contributed by atoms with E-state index in [0.29, 0.717) is 5.56 Å². The van der Waals surface area contributed by atoms with E-state index < -0.39 is 17.9 Å². The summed E-state index contributed by atoms with van der Waals surface area (Å²) < 4.78 is 0. The molecule has 0 aromatic heterocycles. The second-order valence-electron chi connectivity index (χ2n) is 4.36. The van der Waals surface area contributed by atoms with Crippen molar-refractivity contribution in [2.45, 2.75) is 12.6 Å². The van der Waals surface area contributed by atoms with Crippen LogP contribution in [0.25, 0.3) is 0 Å². The molecule has 0 unspecified atom stereocenters. The summed E-state index contributed by atoms with van der Waals surface area (Å²) in [4.78, 5) is 23.6. The summed E-state index contributed by atoms with van der Waals surface area (Å²) in [6.45, 7) is 0. The van der Waals surface area contributed by atoms with Gasteiger partial charge in [0, 0.05) is 5.56 Å². The molecule has 0 saturated carbocycles. The van der Waals surface area contributed by atoms with E-state index in [2.05, 4.69) is 5.32 Å².